The number of carbonyl (C=O) groups excluding carboxylic acids is 3. The van der Waals surface area contributed by atoms with Crippen molar-refractivity contribution in [1.29, 1.82) is 0 Å². The minimum Gasteiger partial charge on any atom is -0.463 e. The van der Waals surface area contributed by atoms with Gasteiger partial charge < -0.3 is 9.47 Å². The van der Waals surface area contributed by atoms with Gasteiger partial charge in [-0.15, -0.1) is 0 Å². The summed E-state index contributed by atoms with van der Waals surface area (Å²) in [5.74, 6) is 1.84. The number of Topliss-reactive ketones (excluding diaryl/α,β-unsaturated/α-hetero) is 1. The van der Waals surface area contributed by atoms with Crippen molar-refractivity contribution in [3.8, 4) is 0 Å². The Hall–Kier alpha value is -1.65. The van der Waals surface area contributed by atoms with Gasteiger partial charge >= 0.3 is 11.9 Å². The van der Waals surface area contributed by atoms with Crippen LogP contribution in [-0.4, -0.2) is 23.8 Å². The molecule has 4 aliphatic carbocycles. The van der Waals surface area contributed by atoms with E-state index in [1.807, 2.05) is 6.92 Å². The molecule has 8 atom stereocenters. The van der Waals surface area contributed by atoms with Crippen LogP contribution in [0.25, 0.3) is 0 Å². The Morgan fingerprint density at radius 2 is 1.71 bits per heavy atom. The summed E-state index contributed by atoms with van der Waals surface area (Å²) in [6.45, 7) is 9.61. The molecule has 0 bridgehead atoms. The van der Waals surface area contributed by atoms with Gasteiger partial charge in [-0.2, -0.15) is 0 Å². The van der Waals surface area contributed by atoms with E-state index in [1.165, 1.54) is 13.8 Å². The first-order valence-electron chi connectivity index (χ1n) is 12.1. The third kappa shape index (κ3) is 3.76. The molecule has 5 heteroatoms. The van der Waals surface area contributed by atoms with Crippen LogP contribution in [0.5, 0.6) is 0 Å². The van der Waals surface area contributed by atoms with Crippen LogP contribution >= 0.6 is 0 Å². The minimum atomic E-state index is -0.297. The van der Waals surface area contributed by atoms with Crippen LogP contribution in [0, 0.1) is 40.4 Å². The zero-order chi connectivity index (χ0) is 22.6. The van der Waals surface area contributed by atoms with E-state index < -0.39 is 0 Å². The van der Waals surface area contributed by atoms with Crippen LogP contribution in [0.1, 0.15) is 86.0 Å². The normalized spacial score (nSPS) is 44.7. The van der Waals surface area contributed by atoms with E-state index in [9.17, 15) is 14.4 Å². The van der Waals surface area contributed by atoms with Crippen molar-refractivity contribution < 1.29 is 23.9 Å². The van der Waals surface area contributed by atoms with Gasteiger partial charge in [0, 0.05) is 26.2 Å². The highest BCUT2D eigenvalue weighted by Crippen LogP contribution is 2.67. The minimum absolute atomic E-state index is 0.0148. The summed E-state index contributed by atoms with van der Waals surface area (Å²) in [7, 11) is 0. The predicted octanol–water partition coefficient (Wildman–Crippen LogP) is 5.22. The van der Waals surface area contributed by atoms with E-state index in [1.54, 1.807) is 6.26 Å². The van der Waals surface area contributed by atoms with Crippen molar-refractivity contribution in [2.45, 2.75) is 92.1 Å². The molecule has 0 unspecified atom stereocenters. The molecular formula is C26H38O5. The van der Waals surface area contributed by atoms with Crippen LogP contribution in [-0.2, 0) is 23.9 Å². The van der Waals surface area contributed by atoms with Gasteiger partial charge in [0.15, 0.2) is 0 Å². The second-order valence-electron chi connectivity index (χ2n) is 11.3. The molecule has 0 amide bonds. The van der Waals surface area contributed by atoms with Gasteiger partial charge in [-0.1, -0.05) is 13.8 Å². The summed E-state index contributed by atoms with van der Waals surface area (Å²) < 4.78 is 10.7. The lowest BCUT2D eigenvalue weighted by Crippen LogP contribution is -2.57. The molecule has 0 spiro atoms. The Bertz CT molecular complexity index is 800. The average molecular weight is 431 g/mol. The molecule has 4 aliphatic rings. The Labute approximate surface area is 186 Å². The molecule has 0 radical (unpaired) electrons. The quantitative estimate of drug-likeness (QED) is 0.453. The van der Waals surface area contributed by atoms with Gasteiger partial charge in [0.1, 0.15) is 11.9 Å². The van der Waals surface area contributed by atoms with E-state index >= 15 is 0 Å². The third-order valence-corrected chi connectivity index (χ3v) is 9.59. The van der Waals surface area contributed by atoms with Crippen LogP contribution in [0.4, 0.5) is 0 Å². The van der Waals surface area contributed by atoms with Crippen molar-refractivity contribution in [1.82, 2.24) is 0 Å². The van der Waals surface area contributed by atoms with Gasteiger partial charge in [0.05, 0.1) is 6.26 Å². The van der Waals surface area contributed by atoms with E-state index in [0.29, 0.717) is 35.9 Å². The second kappa shape index (κ2) is 8.04. The molecule has 4 rings (SSSR count). The van der Waals surface area contributed by atoms with E-state index in [2.05, 4.69) is 13.8 Å². The van der Waals surface area contributed by atoms with Crippen molar-refractivity contribution in [3.05, 3.63) is 11.8 Å². The van der Waals surface area contributed by atoms with Crippen LogP contribution in [0.15, 0.2) is 11.8 Å². The SMILES string of the molecule is CC(=O)O/C=C(\C)[C@@H]1CC[C@@H]2[C@H]3CC[C@H]4C[C@@H](OC(C)=O)CC[C@]4(C)[C@@H]3C(=O)C[C@]21C. The topological polar surface area (TPSA) is 69.7 Å². The molecule has 0 saturated heterocycles. The first-order chi connectivity index (χ1) is 14.6. The molecular weight excluding hydrogens is 392 g/mol. The maximum Gasteiger partial charge on any atom is 0.307 e. The maximum atomic E-state index is 13.7. The lowest BCUT2D eigenvalue weighted by molar-refractivity contribution is -0.168. The first-order valence-corrected chi connectivity index (χ1v) is 12.1. The van der Waals surface area contributed by atoms with E-state index in [0.717, 1.165) is 50.5 Å². The lowest BCUT2D eigenvalue weighted by Gasteiger charge is -2.60. The molecule has 5 nitrogen and oxygen atoms in total. The van der Waals surface area contributed by atoms with E-state index in [-0.39, 0.29) is 34.8 Å². The third-order valence-electron chi connectivity index (χ3n) is 9.59. The Morgan fingerprint density at radius 3 is 2.39 bits per heavy atom. The lowest BCUT2D eigenvalue weighted by atomic mass is 9.44. The van der Waals surface area contributed by atoms with Crippen LogP contribution in [0.2, 0.25) is 0 Å². The molecule has 4 saturated carbocycles. The molecule has 31 heavy (non-hydrogen) atoms. The van der Waals surface area contributed by atoms with Crippen molar-refractivity contribution in [2.24, 2.45) is 40.4 Å². The number of ketones is 1. The summed E-state index contributed by atoms with van der Waals surface area (Å²) in [6.07, 6.45) is 9.45. The number of hydrogen-bond donors (Lipinski definition) is 0. The van der Waals surface area contributed by atoms with Crippen molar-refractivity contribution in [3.63, 3.8) is 0 Å². The van der Waals surface area contributed by atoms with E-state index in [4.69, 9.17) is 9.47 Å². The second-order valence-corrected chi connectivity index (χ2v) is 11.3. The fraction of sp³-hybridized carbons (Fsp3) is 0.808. The highest BCUT2D eigenvalue weighted by molar-refractivity contribution is 5.84. The molecule has 0 aromatic rings. The monoisotopic (exact) mass is 430 g/mol. The number of rotatable bonds is 3. The largest absolute Gasteiger partial charge is 0.463 e. The van der Waals surface area contributed by atoms with Crippen LogP contribution < -0.4 is 0 Å². The molecule has 0 aliphatic heterocycles. The summed E-state index contributed by atoms with van der Waals surface area (Å²) in [5.41, 5.74) is 1.07. The smallest absolute Gasteiger partial charge is 0.307 e. The summed E-state index contributed by atoms with van der Waals surface area (Å²) in [6, 6.07) is 0. The fourth-order valence-corrected chi connectivity index (χ4v) is 8.38. The predicted molar refractivity (Wildman–Crippen MR) is 117 cm³/mol. The highest BCUT2D eigenvalue weighted by atomic mass is 16.5. The van der Waals surface area contributed by atoms with Crippen LogP contribution in [0.3, 0.4) is 0 Å². The summed E-state index contributed by atoms with van der Waals surface area (Å²) in [5, 5.41) is 0. The Morgan fingerprint density at radius 1 is 0.968 bits per heavy atom. The van der Waals surface area contributed by atoms with Gasteiger partial charge in [-0.05, 0) is 91.9 Å². The molecule has 0 aromatic heterocycles. The first kappa shape index (κ1) is 22.5. The summed E-state index contributed by atoms with van der Waals surface area (Å²) in [4.78, 5) is 36.5. The number of fused-ring (bicyclic) bond motifs is 5. The Balaban J connectivity index is 1.56. The molecule has 0 heterocycles. The molecule has 0 N–H and O–H groups in total. The van der Waals surface area contributed by atoms with Crippen molar-refractivity contribution >= 4 is 17.7 Å². The van der Waals surface area contributed by atoms with Gasteiger partial charge in [0.25, 0.3) is 0 Å². The molecule has 4 fully saturated rings. The maximum absolute atomic E-state index is 13.7. The zero-order valence-electron chi connectivity index (χ0n) is 19.7. The number of carbonyl (C=O) groups is 3. The summed E-state index contributed by atoms with van der Waals surface area (Å²) >= 11 is 0. The zero-order valence-corrected chi connectivity index (χ0v) is 19.7. The van der Waals surface area contributed by atoms with Gasteiger partial charge in [0.2, 0.25) is 0 Å². The number of allylic oxidation sites excluding steroid dienone is 1. The fourth-order valence-electron chi connectivity index (χ4n) is 8.38. The number of hydrogen-bond acceptors (Lipinski definition) is 5. The highest BCUT2D eigenvalue weighted by Gasteiger charge is 2.63. The molecule has 172 valence electrons. The number of ether oxygens (including phenoxy) is 2. The Kier molecular flexibility index (Phi) is 5.85. The van der Waals surface area contributed by atoms with Gasteiger partial charge in [-0.3, -0.25) is 14.4 Å². The van der Waals surface area contributed by atoms with Gasteiger partial charge in [-0.25, -0.2) is 0 Å². The number of esters is 2. The standard InChI is InChI=1S/C26H38O5/c1-15(14-30-16(2)27)21-8-9-22-20-7-6-18-12-19(31-17(3)28)10-11-25(18,4)24(20)23(29)13-26(21,22)5/h14,18-22,24H,6-13H2,1-5H3/b15-14+/t18-,19-,20+,21-,22+,24-,25-,26-/m0/s1. The average Bonchev–Trinajstić information content (AvgIpc) is 3.02. The van der Waals surface area contributed by atoms with Crippen molar-refractivity contribution in [2.75, 3.05) is 0 Å². The molecule has 0 aromatic carbocycles.